The van der Waals surface area contributed by atoms with Crippen molar-refractivity contribution in [3.05, 3.63) is 33.9 Å². The summed E-state index contributed by atoms with van der Waals surface area (Å²) in [6.45, 7) is 4.84. The molecule has 0 bridgehead atoms. The average molecular weight is 252 g/mol. The fourth-order valence-corrected chi connectivity index (χ4v) is 1.71. The van der Waals surface area contributed by atoms with Gasteiger partial charge < -0.3 is 10.0 Å². The molecule has 5 heteroatoms. The van der Waals surface area contributed by atoms with E-state index in [2.05, 4.69) is 13.8 Å². The second-order valence-corrected chi connectivity index (χ2v) is 4.84. The first-order valence-electron chi connectivity index (χ1n) is 6.05. The molecule has 0 fully saturated rings. The lowest BCUT2D eigenvalue weighted by Gasteiger charge is -2.20. The number of hydrogen-bond donors (Lipinski definition) is 1. The van der Waals surface area contributed by atoms with Gasteiger partial charge in [-0.25, -0.2) is 0 Å². The molecule has 0 amide bonds. The van der Waals surface area contributed by atoms with Crippen molar-refractivity contribution in [1.82, 2.24) is 0 Å². The predicted molar refractivity (Wildman–Crippen MR) is 71.7 cm³/mol. The highest BCUT2D eigenvalue weighted by molar-refractivity contribution is 5.63. The molecule has 0 atom stereocenters. The first-order chi connectivity index (χ1) is 8.45. The minimum atomic E-state index is -0.402. The molecule has 100 valence electrons. The molecule has 0 radical (unpaired) electrons. The van der Waals surface area contributed by atoms with E-state index in [0.29, 0.717) is 17.2 Å². The Labute approximate surface area is 107 Å². The molecule has 1 aromatic rings. The van der Waals surface area contributed by atoms with Crippen molar-refractivity contribution in [2.24, 2.45) is 5.92 Å². The second-order valence-electron chi connectivity index (χ2n) is 4.84. The van der Waals surface area contributed by atoms with E-state index in [0.717, 1.165) is 13.0 Å². The van der Waals surface area contributed by atoms with Gasteiger partial charge in [-0.1, -0.05) is 19.9 Å². The third-order valence-electron chi connectivity index (χ3n) is 2.87. The summed E-state index contributed by atoms with van der Waals surface area (Å²) >= 11 is 0. The molecule has 1 N–H and O–H groups in total. The SMILES string of the molecule is CC(C)CCN(C)c1ccc(CO)cc1[N+](=O)[O-]. The highest BCUT2D eigenvalue weighted by Gasteiger charge is 2.17. The number of benzene rings is 1. The molecule has 0 saturated heterocycles. The van der Waals surface area contributed by atoms with E-state index < -0.39 is 4.92 Å². The van der Waals surface area contributed by atoms with E-state index in [1.54, 1.807) is 12.1 Å². The topological polar surface area (TPSA) is 66.6 Å². The lowest BCUT2D eigenvalue weighted by Crippen LogP contribution is -2.21. The summed E-state index contributed by atoms with van der Waals surface area (Å²) in [4.78, 5) is 12.5. The molecule has 0 unspecified atom stereocenters. The number of nitro groups is 1. The Bertz CT molecular complexity index is 419. The minimum Gasteiger partial charge on any atom is -0.392 e. The summed E-state index contributed by atoms with van der Waals surface area (Å²) in [5, 5.41) is 20.0. The monoisotopic (exact) mass is 252 g/mol. The maximum absolute atomic E-state index is 11.0. The molecule has 0 saturated carbocycles. The van der Waals surface area contributed by atoms with Crippen LogP contribution in [0.1, 0.15) is 25.8 Å². The number of nitrogens with zero attached hydrogens (tertiary/aromatic N) is 2. The van der Waals surface area contributed by atoms with Crippen LogP contribution in [-0.4, -0.2) is 23.6 Å². The van der Waals surface area contributed by atoms with E-state index in [1.807, 2.05) is 11.9 Å². The zero-order chi connectivity index (χ0) is 13.7. The molecule has 0 aliphatic carbocycles. The number of aliphatic hydroxyl groups excluding tert-OH is 1. The number of rotatable bonds is 6. The van der Waals surface area contributed by atoms with E-state index in [1.165, 1.54) is 6.07 Å². The first-order valence-corrected chi connectivity index (χ1v) is 6.05. The quantitative estimate of drug-likeness (QED) is 0.624. The standard InChI is InChI=1S/C13H20N2O3/c1-10(2)6-7-14(3)12-5-4-11(9-16)8-13(12)15(17)18/h4-5,8,10,16H,6-7,9H2,1-3H3. The Morgan fingerprint density at radius 3 is 2.61 bits per heavy atom. The fraction of sp³-hybridized carbons (Fsp3) is 0.538. The van der Waals surface area contributed by atoms with E-state index in [-0.39, 0.29) is 12.3 Å². The Kier molecular flexibility index (Phi) is 5.09. The van der Waals surface area contributed by atoms with Crippen molar-refractivity contribution in [2.45, 2.75) is 26.9 Å². The van der Waals surface area contributed by atoms with Crippen LogP contribution >= 0.6 is 0 Å². The maximum atomic E-state index is 11.0. The number of nitro benzene ring substituents is 1. The number of hydrogen-bond acceptors (Lipinski definition) is 4. The summed E-state index contributed by atoms with van der Waals surface area (Å²) in [5.41, 5.74) is 1.20. The van der Waals surface area contributed by atoms with Gasteiger partial charge in [-0.2, -0.15) is 0 Å². The Balaban J connectivity index is 2.96. The zero-order valence-electron chi connectivity index (χ0n) is 11.1. The van der Waals surface area contributed by atoms with E-state index in [4.69, 9.17) is 5.11 Å². The van der Waals surface area contributed by atoms with Gasteiger partial charge in [0.1, 0.15) is 5.69 Å². The van der Waals surface area contributed by atoms with Gasteiger partial charge in [0.25, 0.3) is 5.69 Å². The molecule has 1 rings (SSSR count). The van der Waals surface area contributed by atoms with Crippen LogP contribution in [0.25, 0.3) is 0 Å². The Morgan fingerprint density at radius 1 is 1.44 bits per heavy atom. The highest BCUT2D eigenvalue weighted by Crippen LogP contribution is 2.28. The highest BCUT2D eigenvalue weighted by atomic mass is 16.6. The van der Waals surface area contributed by atoms with Crippen molar-refractivity contribution < 1.29 is 10.0 Å². The van der Waals surface area contributed by atoms with E-state index in [9.17, 15) is 10.1 Å². The summed E-state index contributed by atoms with van der Waals surface area (Å²) < 4.78 is 0. The van der Waals surface area contributed by atoms with Crippen LogP contribution in [0.5, 0.6) is 0 Å². The van der Waals surface area contributed by atoms with Gasteiger partial charge in [0.05, 0.1) is 11.5 Å². The van der Waals surface area contributed by atoms with Gasteiger partial charge in [-0.3, -0.25) is 10.1 Å². The second kappa shape index (κ2) is 6.35. The maximum Gasteiger partial charge on any atom is 0.292 e. The normalized spacial score (nSPS) is 10.7. The van der Waals surface area contributed by atoms with Crippen LogP contribution in [-0.2, 0) is 6.61 Å². The van der Waals surface area contributed by atoms with Crippen LogP contribution in [0.4, 0.5) is 11.4 Å². The summed E-state index contributed by atoms with van der Waals surface area (Å²) in [6.07, 6.45) is 0.982. The smallest absolute Gasteiger partial charge is 0.292 e. The van der Waals surface area contributed by atoms with Crippen LogP contribution < -0.4 is 4.90 Å². The summed E-state index contributed by atoms with van der Waals surface area (Å²) in [6, 6.07) is 4.85. The van der Waals surface area contributed by atoms with Crippen LogP contribution in [0.3, 0.4) is 0 Å². The van der Waals surface area contributed by atoms with Crippen LogP contribution in [0, 0.1) is 16.0 Å². The molecule has 18 heavy (non-hydrogen) atoms. The van der Waals surface area contributed by atoms with Gasteiger partial charge in [0.15, 0.2) is 0 Å². The summed E-state index contributed by atoms with van der Waals surface area (Å²) in [7, 11) is 1.85. The fourth-order valence-electron chi connectivity index (χ4n) is 1.71. The predicted octanol–water partition coefficient (Wildman–Crippen LogP) is 2.57. The molecular formula is C13H20N2O3. The van der Waals surface area contributed by atoms with Crippen LogP contribution in [0.2, 0.25) is 0 Å². The van der Waals surface area contributed by atoms with Crippen molar-refractivity contribution in [3.8, 4) is 0 Å². The minimum absolute atomic E-state index is 0.0489. The lowest BCUT2D eigenvalue weighted by molar-refractivity contribution is -0.384. The van der Waals surface area contributed by atoms with E-state index >= 15 is 0 Å². The van der Waals surface area contributed by atoms with Crippen LogP contribution in [0.15, 0.2) is 18.2 Å². The lowest BCUT2D eigenvalue weighted by atomic mass is 10.1. The van der Waals surface area contributed by atoms with Crippen molar-refractivity contribution in [2.75, 3.05) is 18.5 Å². The molecule has 0 spiro atoms. The van der Waals surface area contributed by atoms with Crippen molar-refractivity contribution in [1.29, 1.82) is 0 Å². The van der Waals surface area contributed by atoms with Gasteiger partial charge in [-0.15, -0.1) is 0 Å². The van der Waals surface area contributed by atoms with Gasteiger partial charge in [0, 0.05) is 19.7 Å². The third-order valence-corrected chi connectivity index (χ3v) is 2.87. The molecule has 0 aliphatic heterocycles. The molecule has 0 aromatic heterocycles. The van der Waals surface area contributed by atoms with Gasteiger partial charge in [-0.05, 0) is 24.0 Å². The van der Waals surface area contributed by atoms with Crippen molar-refractivity contribution >= 4 is 11.4 Å². The molecule has 0 aliphatic rings. The number of aliphatic hydroxyl groups is 1. The Hall–Kier alpha value is -1.62. The molecule has 5 nitrogen and oxygen atoms in total. The summed E-state index contributed by atoms with van der Waals surface area (Å²) in [5.74, 6) is 0.559. The molecule has 1 aromatic carbocycles. The molecule has 0 heterocycles. The Morgan fingerprint density at radius 2 is 2.11 bits per heavy atom. The van der Waals surface area contributed by atoms with Crippen molar-refractivity contribution in [3.63, 3.8) is 0 Å². The zero-order valence-corrected chi connectivity index (χ0v) is 11.1. The third kappa shape index (κ3) is 3.70. The molecular weight excluding hydrogens is 232 g/mol. The first kappa shape index (κ1) is 14.4. The number of anilines is 1. The van der Waals surface area contributed by atoms with Gasteiger partial charge in [0.2, 0.25) is 0 Å². The largest absolute Gasteiger partial charge is 0.392 e. The van der Waals surface area contributed by atoms with Gasteiger partial charge >= 0.3 is 0 Å². The average Bonchev–Trinajstić information content (AvgIpc) is 2.34.